The smallest absolute Gasteiger partial charge is 0.347 e. The maximum Gasteiger partial charge on any atom is 0.405 e. The van der Waals surface area contributed by atoms with Crippen LogP contribution in [-0.4, -0.2) is 30.3 Å². The zero-order chi connectivity index (χ0) is 15.2. The molecule has 0 spiro atoms. The number of hydrogen-bond donors (Lipinski definition) is 1. The van der Waals surface area contributed by atoms with E-state index in [1.54, 1.807) is 12.1 Å². The lowest BCUT2D eigenvalue weighted by atomic mass is 10.0. The van der Waals surface area contributed by atoms with Crippen molar-refractivity contribution in [3.05, 3.63) is 23.9 Å². The molecule has 20 heavy (non-hydrogen) atoms. The fraction of sp³-hybridized carbons (Fsp3) is 0.643. The van der Waals surface area contributed by atoms with Crippen molar-refractivity contribution in [2.75, 3.05) is 18.0 Å². The third kappa shape index (κ3) is 5.36. The number of halogens is 3. The van der Waals surface area contributed by atoms with Crippen molar-refractivity contribution in [2.24, 2.45) is 5.73 Å². The Morgan fingerprint density at radius 3 is 2.60 bits per heavy atom. The SMILES string of the molecule is CCCN(CC(F)(F)F)c1ncccc1CC(N)CC. The molecule has 0 saturated carbocycles. The highest BCUT2D eigenvalue weighted by Crippen LogP contribution is 2.24. The molecule has 0 radical (unpaired) electrons. The van der Waals surface area contributed by atoms with Gasteiger partial charge in [0, 0.05) is 18.8 Å². The van der Waals surface area contributed by atoms with Crippen molar-refractivity contribution in [2.45, 2.75) is 45.3 Å². The topological polar surface area (TPSA) is 42.2 Å². The molecule has 3 nitrogen and oxygen atoms in total. The second-order valence-corrected chi connectivity index (χ2v) is 4.90. The molecule has 0 fully saturated rings. The van der Waals surface area contributed by atoms with Crippen LogP contribution in [0.4, 0.5) is 19.0 Å². The minimum absolute atomic E-state index is 0.0627. The second kappa shape index (κ2) is 7.47. The molecule has 0 amide bonds. The number of nitrogens with zero attached hydrogens (tertiary/aromatic N) is 2. The first kappa shape index (κ1) is 16.8. The van der Waals surface area contributed by atoms with Crippen LogP contribution in [0.5, 0.6) is 0 Å². The molecular formula is C14H22F3N3. The van der Waals surface area contributed by atoms with Gasteiger partial charge in [-0.1, -0.05) is 19.9 Å². The van der Waals surface area contributed by atoms with E-state index >= 15 is 0 Å². The average molecular weight is 289 g/mol. The highest BCUT2D eigenvalue weighted by molar-refractivity contribution is 5.47. The van der Waals surface area contributed by atoms with E-state index in [2.05, 4.69) is 4.98 Å². The third-order valence-corrected chi connectivity index (χ3v) is 3.04. The van der Waals surface area contributed by atoms with Gasteiger partial charge < -0.3 is 10.6 Å². The number of hydrogen-bond acceptors (Lipinski definition) is 3. The van der Waals surface area contributed by atoms with Gasteiger partial charge in [0.2, 0.25) is 0 Å². The number of alkyl halides is 3. The zero-order valence-corrected chi connectivity index (χ0v) is 12.0. The molecule has 1 rings (SSSR count). The lowest BCUT2D eigenvalue weighted by molar-refractivity contribution is -0.119. The number of nitrogens with two attached hydrogens (primary N) is 1. The minimum atomic E-state index is -4.24. The molecule has 6 heteroatoms. The summed E-state index contributed by atoms with van der Waals surface area (Å²) in [4.78, 5) is 5.43. The number of rotatable bonds is 7. The summed E-state index contributed by atoms with van der Waals surface area (Å²) in [6.45, 7) is 3.15. The molecule has 1 unspecified atom stereocenters. The quantitative estimate of drug-likeness (QED) is 0.838. The van der Waals surface area contributed by atoms with E-state index < -0.39 is 12.7 Å². The van der Waals surface area contributed by atoms with Gasteiger partial charge in [-0.3, -0.25) is 0 Å². The number of pyridine rings is 1. The van der Waals surface area contributed by atoms with Crippen LogP contribution in [0.2, 0.25) is 0 Å². The third-order valence-electron chi connectivity index (χ3n) is 3.04. The highest BCUT2D eigenvalue weighted by atomic mass is 19.4. The monoisotopic (exact) mass is 289 g/mol. The van der Waals surface area contributed by atoms with E-state index in [1.807, 2.05) is 13.8 Å². The van der Waals surface area contributed by atoms with Gasteiger partial charge in [-0.25, -0.2) is 4.98 Å². The first-order valence-corrected chi connectivity index (χ1v) is 6.88. The van der Waals surface area contributed by atoms with Crippen LogP contribution in [-0.2, 0) is 6.42 Å². The van der Waals surface area contributed by atoms with Gasteiger partial charge in [-0.15, -0.1) is 0 Å². The molecule has 0 aliphatic carbocycles. The van der Waals surface area contributed by atoms with Gasteiger partial charge in [0.1, 0.15) is 12.4 Å². The van der Waals surface area contributed by atoms with Gasteiger partial charge in [0.15, 0.2) is 0 Å². The Morgan fingerprint density at radius 2 is 2.05 bits per heavy atom. The summed E-state index contributed by atoms with van der Waals surface area (Å²) in [5.41, 5.74) is 6.68. The Morgan fingerprint density at radius 1 is 1.35 bits per heavy atom. The molecular weight excluding hydrogens is 267 g/mol. The predicted molar refractivity (Wildman–Crippen MR) is 74.8 cm³/mol. The Balaban J connectivity index is 3.00. The van der Waals surface area contributed by atoms with Crippen molar-refractivity contribution in [3.8, 4) is 0 Å². The molecule has 1 heterocycles. The molecule has 0 aromatic carbocycles. The zero-order valence-electron chi connectivity index (χ0n) is 12.0. The van der Waals surface area contributed by atoms with Crippen LogP contribution in [0, 0.1) is 0 Å². The van der Waals surface area contributed by atoms with E-state index in [0.29, 0.717) is 25.2 Å². The Labute approximate surface area is 118 Å². The van der Waals surface area contributed by atoms with Crippen molar-refractivity contribution in [1.29, 1.82) is 0 Å². The van der Waals surface area contributed by atoms with Gasteiger partial charge in [0.25, 0.3) is 0 Å². The van der Waals surface area contributed by atoms with E-state index in [-0.39, 0.29) is 6.04 Å². The van der Waals surface area contributed by atoms with Gasteiger partial charge >= 0.3 is 6.18 Å². The average Bonchev–Trinajstić information content (AvgIpc) is 2.37. The van der Waals surface area contributed by atoms with E-state index in [1.165, 1.54) is 11.1 Å². The summed E-state index contributed by atoms with van der Waals surface area (Å²) in [6, 6.07) is 3.47. The Bertz CT molecular complexity index is 407. The summed E-state index contributed by atoms with van der Waals surface area (Å²) < 4.78 is 38.0. The minimum Gasteiger partial charge on any atom is -0.347 e. The van der Waals surface area contributed by atoms with Crippen LogP contribution in [0.1, 0.15) is 32.3 Å². The van der Waals surface area contributed by atoms with Crippen LogP contribution >= 0.6 is 0 Å². The summed E-state index contributed by atoms with van der Waals surface area (Å²) in [5.74, 6) is 0.399. The molecule has 114 valence electrons. The lowest BCUT2D eigenvalue weighted by Crippen LogP contribution is -2.36. The summed E-state index contributed by atoms with van der Waals surface area (Å²) in [5, 5.41) is 0. The van der Waals surface area contributed by atoms with Crippen molar-refractivity contribution in [1.82, 2.24) is 4.98 Å². The Hall–Kier alpha value is -1.30. The molecule has 0 aliphatic rings. The normalized spacial score (nSPS) is 13.3. The van der Waals surface area contributed by atoms with Gasteiger partial charge in [-0.2, -0.15) is 13.2 Å². The van der Waals surface area contributed by atoms with Crippen molar-refractivity contribution >= 4 is 5.82 Å². The molecule has 1 atom stereocenters. The van der Waals surface area contributed by atoms with Crippen molar-refractivity contribution in [3.63, 3.8) is 0 Å². The summed E-state index contributed by atoms with van der Waals surface area (Å²) >= 11 is 0. The second-order valence-electron chi connectivity index (χ2n) is 4.90. The van der Waals surface area contributed by atoms with E-state index in [4.69, 9.17) is 5.73 Å². The van der Waals surface area contributed by atoms with Crippen LogP contribution in [0.25, 0.3) is 0 Å². The lowest BCUT2D eigenvalue weighted by Gasteiger charge is -2.27. The molecule has 1 aromatic heterocycles. The van der Waals surface area contributed by atoms with Gasteiger partial charge in [0.05, 0.1) is 0 Å². The predicted octanol–water partition coefficient (Wildman–Crippen LogP) is 3.14. The number of anilines is 1. The fourth-order valence-corrected chi connectivity index (χ4v) is 2.05. The van der Waals surface area contributed by atoms with Gasteiger partial charge in [-0.05, 0) is 30.9 Å². The van der Waals surface area contributed by atoms with Crippen LogP contribution in [0.15, 0.2) is 18.3 Å². The first-order valence-electron chi connectivity index (χ1n) is 6.88. The molecule has 0 aliphatic heterocycles. The van der Waals surface area contributed by atoms with E-state index in [0.717, 1.165) is 12.0 Å². The van der Waals surface area contributed by atoms with E-state index in [9.17, 15) is 13.2 Å². The molecule has 0 saturated heterocycles. The largest absolute Gasteiger partial charge is 0.405 e. The fourth-order valence-electron chi connectivity index (χ4n) is 2.05. The summed E-state index contributed by atoms with van der Waals surface area (Å²) in [7, 11) is 0. The maximum atomic E-state index is 12.7. The Kier molecular flexibility index (Phi) is 6.26. The van der Waals surface area contributed by atoms with Crippen molar-refractivity contribution < 1.29 is 13.2 Å². The highest BCUT2D eigenvalue weighted by Gasteiger charge is 2.31. The van der Waals surface area contributed by atoms with Crippen LogP contribution in [0.3, 0.4) is 0 Å². The molecule has 0 bridgehead atoms. The maximum absolute atomic E-state index is 12.7. The first-order chi connectivity index (χ1) is 9.37. The summed E-state index contributed by atoms with van der Waals surface area (Å²) in [6.07, 6.45) is -0.767. The standard InChI is InChI=1S/C14H22F3N3/c1-3-8-20(10-14(15,16)17)13-11(6-5-7-19-13)9-12(18)4-2/h5-7,12H,3-4,8-10,18H2,1-2H3. The number of aromatic nitrogens is 1. The molecule has 2 N–H and O–H groups in total. The molecule has 1 aromatic rings. The van der Waals surface area contributed by atoms with Crippen LogP contribution < -0.4 is 10.6 Å².